The lowest BCUT2D eigenvalue weighted by Gasteiger charge is -2.28. The van der Waals surface area contributed by atoms with E-state index in [1.807, 2.05) is 50.2 Å². The normalized spacial score (nSPS) is 14.2. The van der Waals surface area contributed by atoms with Crippen molar-refractivity contribution in [3.8, 4) is 5.75 Å². The Kier molecular flexibility index (Phi) is 6.01. The molecule has 1 amide bonds. The lowest BCUT2D eigenvalue weighted by molar-refractivity contribution is -0.118. The number of benzene rings is 2. The first-order valence-electron chi connectivity index (χ1n) is 8.65. The molecule has 0 aromatic heterocycles. The molecule has 0 atom stereocenters. The molecule has 5 nitrogen and oxygen atoms in total. The van der Waals surface area contributed by atoms with E-state index in [-0.39, 0.29) is 12.5 Å². The lowest BCUT2D eigenvalue weighted by Crippen LogP contribution is -2.36. The van der Waals surface area contributed by atoms with Gasteiger partial charge in [0.2, 0.25) is 0 Å². The standard InChI is InChI=1S/C20H23ClN2O3/c1-14-11-15(2)20(18(21)12-14)26-13-19(24)22-16-3-5-17(6-4-16)23-7-9-25-10-8-23/h3-6,11-12H,7-10,13H2,1-2H3,(H,22,24). The fourth-order valence-corrected chi connectivity index (χ4v) is 3.37. The van der Waals surface area contributed by atoms with E-state index in [1.165, 1.54) is 0 Å². The maximum Gasteiger partial charge on any atom is 0.262 e. The van der Waals surface area contributed by atoms with E-state index >= 15 is 0 Å². The van der Waals surface area contributed by atoms with Gasteiger partial charge in [0.05, 0.1) is 18.2 Å². The minimum absolute atomic E-state index is 0.0885. The largest absolute Gasteiger partial charge is 0.482 e. The van der Waals surface area contributed by atoms with Crippen LogP contribution in [0.5, 0.6) is 5.75 Å². The molecule has 1 saturated heterocycles. The van der Waals surface area contributed by atoms with Gasteiger partial charge in [-0.05, 0) is 55.3 Å². The molecular formula is C20H23ClN2O3. The van der Waals surface area contributed by atoms with Crippen LogP contribution in [0.2, 0.25) is 5.02 Å². The molecule has 1 aliphatic heterocycles. The van der Waals surface area contributed by atoms with Crippen molar-refractivity contribution in [2.45, 2.75) is 13.8 Å². The van der Waals surface area contributed by atoms with Gasteiger partial charge in [-0.15, -0.1) is 0 Å². The number of hydrogen-bond donors (Lipinski definition) is 1. The smallest absolute Gasteiger partial charge is 0.262 e. The van der Waals surface area contributed by atoms with Crippen molar-refractivity contribution in [2.24, 2.45) is 0 Å². The van der Waals surface area contributed by atoms with Crippen LogP contribution in [-0.2, 0) is 9.53 Å². The molecule has 3 rings (SSSR count). The van der Waals surface area contributed by atoms with Gasteiger partial charge in [0.25, 0.3) is 5.91 Å². The van der Waals surface area contributed by atoms with E-state index in [2.05, 4.69) is 10.2 Å². The molecule has 138 valence electrons. The summed E-state index contributed by atoms with van der Waals surface area (Å²) in [6.07, 6.45) is 0. The third kappa shape index (κ3) is 4.68. The van der Waals surface area contributed by atoms with Crippen LogP contribution in [0.25, 0.3) is 0 Å². The van der Waals surface area contributed by atoms with Crippen molar-refractivity contribution in [2.75, 3.05) is 43.1 Å². The zero-order valence-electron chi connectivity index (χ0n) is 15.0. The van der Waals surface area contributed by atoms with Gasteiger partial charge in [-0.25, -0.2) is 0 Å². The molecule has 2 aromatic carbocycles. The minimum atomic E-state index is -0.222. The molecule has 0 aliphatic carbocycles. The van der Waals surface area contributed by atoms with Crippen molar-refractivity contribution in [1.82, 2.24) is 0 Å². The number of nitrogens with one attached hydrogen (secondary N) is 1. The Labute approximate surface area is 158 Å². The van der Waals surface area contributed by atoms with Gasteiger partial charge in [0.15, 0.2) is 6.61 Å². The van der Waals surface area contributed by atoms with Gasteiger partial charge in [-0.2, -0.15) is 0 Å². The average molecular weight is 375 g/mol. The van der Waals surface area contributed by atoms with Gasteiger partial charge >= 0.3 is 0 Å². The Morgan fingerprint density at radius 2 is 1.88 bits per heavy atom. The van der Waals surface area contributed by atoms with Crippen molar-refractivity contribution in [3.63, 3.8) is 0 Å². The Bertz CT molecular complexity index is 748. The Morgan fingerprint density at radius 3 is 2.54 bits per heavy atom. The molecule has 0 radical (unpaired) electrons. The summed E-state index contributed by atoms with van der Waals surface area (Å²) in [7, 11) is 0. The van der Waals surface area contributed by atoms with Gasteiger partial charge in [-0.1, -0.05) is 17.7 Å². The van der Waals surface area contributed by atoms with Crippen molar-refractivity contribution in [3.05, 3.63) is 52.5 Å². The second-order valence-electron chi connectivity index (χ2n) is 6.38. The van der Waals surface area contributed by atoms with Crippen molar-refractivity contribution < 1.29 is 14.3 Å². The monoisotopic (exact) mass is 374 g/mol. The number of amides is 1. The first-order chi connectivity index (χ1) is 12.5. The van der Waals surface area contributed by atoms with Crippen molar-refractivity contribution >= 4 is 28.9 Å². The molecule has 1 aliphatic rings. The highest BCUT2D eigenvalue weighted by molar-refractivity contribution is 6.32. The van der Waals surface area contributed by atoms with Crippen LogP contribution in [0, 0.1) is 13.8 Å². The molecule has 1 N–H and O–H groups in total. The number of carbonyl (C=O) groups is 1. The van der Waals surface area contributed by atoms with E-state index in [1.54, 1.807) is 0 Å². The van der Waals surface area contributed by atoms with Crippen LogP contribution in [0.3, 0.4) is 0 Å². The van der Waals surface area contributed by atoms with E-state index in [0.29, 0.717) is 10.8 Å². The zero-order chi connectivity index (χ0) is 18.5. The summed E-state index contributed by atoms with van der Waals surface area (Å²) in [5, 5.41) is 3.36. The van der Waals surface area contributed by atoms with Gasteiger partial charge in [0, 0.05) is 24.5 Å². The van der Waals surface area contributed by atoms with Crippen LogP contribution in [-0.4, -0.2) is 38.8 Å². The summed E-state index contributed by atoms with van der Waals surface area (Å²) in [4.78, 5) is 14.4. The molecule has 1 fully saturated rings. The summed E-state index contributed by atoms with van der Waals surface area (Å²) in [6.45, 7) is 7.06. The first-order valence-corrected chi connectivity index (χ1v) is 9.03. The number of anilines is 2. The predicted octanol–water partition coefficient (Wildman–Crippen LogP) is 3.81. The summed E-state index contributed by atoms with van der Waals surface area (Å²) >= 11 is 6.20. The van der Waals surface area contributed by atoms with Crippen molar-refractivity contribution in [1.29, 1.82) is 0 Å². The number of hydrogen-bond acceptors (Lipinski definition) is 4. The van der Waals surface area contributed by atoms with E-state index in [0.717, 1.165) is 48.8 Å². The highest BCUT2D eigenvalue weighted by Crippen LogP contribution is 2.29. The highest BCUT2D eigenvalue weighted by atomic mass is 35.5. The van der Waals surface area contributed by atoms with Gasteiger partial charge in [-0.3, -0.25) is 4.79 Å². The third-order valence-corrected chi connectivity index (χ3v) is 4.53. The first kappa shape index (κ1) is 18.5. The molecule has 2 aromatic rings. The van der Waals surface area contributed by atoms with E-state index in [9.17, 15) is 4.79 Å². The number of aryl methyl sites for hydroxylation is 2. The molecule has 0 saturated carbocycles. The number of ether oxygens (including phenoxy) is 2. The topological polar surface area (TPSA) is 50.8 Å². The predicted molar refractivity (Wildman–Crippen MR) is 105 cm³/mol. The maximum absolute atomic E-state index is 12.2. The maximum atomic E-state index is 12.2. The number of morpholine rings is 1. The highest BCUT2D eigenvalue weighted by Gasteiger charge is 2.12. The Balaban J connectivity index is 1.55. The number of nitrogens with zero attached hydrogens (tertiary/aromatic N) is 1. The van der Waals surface area contributed by atoms with Gasteiger partial charge < -0.3 is 19.7 Å². The minimum Gasteiger partial charge on any atom is -0.482 e. The Morgan fingerprint density at radius 1 is 1.19 bits per heavy atom. The van der Waals surface area contributed by atoms with Crippen LogP contribution in [0.15, 0.2) is 36.4 Å². The fourth-order valence-electron chi connectivity index (χ4n) is 3.00. The molecule has 0 spiro atoms. The molecule has 6 heteroatoms. The SMILES string of the molecule is Cc1cc(C)c(OCC(=O)Nc2ccc(N3CCOCC3)cc2)c(Cl)c1. The number of carbonyl (C=O) groups excluding carboxylic acids is 1. The molecule has 26 heavy (non-hydrogen) atoms. The van der Waals surface area contributed by atoms with E-state index < -0.39 is 0 Å². The zero-order valence-corrected chi connectivity index (χ0v) is 15.8. The number of halogens is 1. The summed E-state index contributed by atoms with van der Waals surface area (Å²) in [5.41, 5.74) is 3.84. The van der Waals surface area contributed by atoms with Crippen LogP contribution >= 0.6 is 11.6 Å². The Hall–Kier alpha value is -2.24. The van der Waals surface area contributed by atoms with Crippen LogP contribution in [0.4, 0.5) is 11.4 Å². The molecule has 0 unspecified atom stereocenters. The van der Waals surface area contributed by atoms with Crippen LogP contribution < -0.4 is 15.0 Å². The second kappa shape index (κ2) is 8.43. The van der Waals surface area contributed by atoms with E-state index in [4.69, 9.17) is 21.1 Å². The molecule has 0 bridgehead atoms. The van der Waals surface area contributed by atoms with Crippen LogP contribution in [0.1, 0.15) is 11.1 Å². The summed E-state index contributed by atoms with van der Waals surface area (Å²) in [5.74, 6) is 0.329. The average Bonchev–Trinajstić information content (AvgIpc) is 2.62. The van der Waals surface area contributed by atoms with Gasteiger partial charge in [0.1, 0.15) is 5.75 Å². The third-order valence-electron chi connectivity index (χ3n) is 4.25. The second-order valence-corrected chi connectivity index (χ2v) is 6.78. The molecular weight excluding hydrogens is 352 g/mol. The molecule has 1 heterocycles. The quantitative estimate of drug-likeness (QED) is 0.864. The fraction of sp³-hybridized carbons (Fsp3) is 0.350. The summed E-state index contributed by atoms with van der Waals surface area (Å²) in [6, 6.07) is 11.6. The lowest BCUT2D eigenvalue weighted by atomic mass is 10.1. The number of rotatable bonds is 5. The summed E-state index contributed by atoms with van der Waals surface area (Å²) < 4.78 is 11.0.